The van der Waals surface area contributed by atoms with Gasteiger partial charge in [0.25, 0.3) is 0 Å². The lowest BCUT2D eigenvalue weighted by Gasteiger charge is -2.35. The minimum atomic E-state index is -0.949. The average molecular weight is 367 g/mol. The summed E-state index contributed by atoms with van der Waals surface area (Å²) in [6.45, 7) is 2.37. The number of nitrogens with zero attached hydrogens (tertiary/aromatic N) is 1. The minimum Gasteiger partial charge on any atom is -0.496 e. The standard InChI is InChI=1S/C22H25NO4/c1-15(11-17-8-5-6-10-20(17)27-2)12-21(24)23-14-18-9-4-3-7-16(18)13-19(23)22(25)26/h3-10,15,19H,11-14H2,1-2H3,(H,25,26). The maximum absolute atomic E-state index is 12.9. The fraction of sp³-hybridized carbons (Fsp3) is 0.364. The van der Waals surface area contributed by atoms with Crippen LogP contribution in [0, 0.1) is 5.92 Å². The summed E-state index contributed by atoms with van der Waals surface area (Å²) >= 11 is 0. The largest absolute Gasteiger partial charge is 0.496 e. The molecule has 27 heavy (non-hydrogen) atoms. The molecule has 142 valence electrons. The lowest BCUT2D eigenvalue weighted by atomic mass is 9.92. The van der Waals surface area contributed by atoms with Crippen LogP contribution in [-0.2, 0) is 29.0 Å². The second-order valence-electron chi connectivity index (χ2n) is 7.17. The summed E-state index contributed by atoms with van der Waals surface area (Å²) in [6, 6.07) is 14.7. The molecule has 0 saturated carbocycles. The molecule has 5 nitrogen and oxygen atoms in total. The van der Waals surface area contributed by atoms with E-state index in [2.05, 4.69) is 0 Å². The van der Waals surface area contributed by atoms with E-state index in [-0.39, 0.29) is 11.8 Å². The zero-order valence-corrected chi connectivity index (χ0v) is 15.7. The quantitative estimate of drug-likeness (QED) is 0.851. The van der Waals surface area contributed by atoms with Gasteiger partial charge in [0.1, 0.15) is 11.8 Å². The van der Waals surface area contributed by atoms with Gasteiger partial charge in [-0.2, -0.15) is 0 Å². The van der Waals surface area contributed by atoms with Crippen LogP contribution in [0.2, 0.25) is 0 Å². The molecule has 0 fully saturated rings. The number of carbonyl (C=O) groups is 2. The number of ether oxygens (including phenoxy) is 1. The Morgan fingerprint density at radius 3 is 2.52 bits per heavy atom. The molecule has 1 aliphatic heterocycles. The van der Waals surface area contributed by atoms with E-state index in [1.54, 1.807) is 7.11 Å². The van der Waals surface area contributed by atoms with E-state index in [9.17, 15) is 14.7 Å². The third-order valence-electron chi connectivity index (χ3n) is 5.14. The second kappa shape index (κ2) is 8.25. The lowest BCUT2D eigenvalue weighted by Crippen LogP contribution is -2.49. The molecule has 0 aromatic heterocycles. The molecule has 2 atom stereocenters. The molecule has 1 aliphatic rings. The highest BCUT2D eigenvalue weighted by Crippen LogP contribution is 2.27. The van der Waals surface area contributed by atoms with Crippen LogP contribution in [-0.4, -0.2) is 35.0 Å². The fourth-order valence-electron chi connectivity index (χ4n) is 3.74. The zero-order chi connectivity index (χ0) is 19.4. The lowest BCUT2D eigenvalue weighted by molar-refractivity contribution is -0.151. The Labute approximate surface area is 159 Å². The Hall–Kier alpha value is -2.82. The molecular weight excluding hydrogens is 342 g/mol. The smallest absolute Gasteiger partial charge is 0.326 e. The second-order valence-corrected chi connectivity index (χ2v) is 7.17. The maximum Gasteiger partial charge on any atom is 0.326 e. The van der Waals surface area contributed by atoms with Gasteiger partial charge in [0.15, 0.2) is 0 Å². The number of benzene rings is 2. The fourth-order valence-corrected chi connectivity index (χ4v) is 3.74. The summed E-state index contributed by atoms with van der Waals surface area (Å²) in [5, 5.41) is 9.61. The van der Waals surface area contributed by atoms with Crippen molar-refractivity contribution < 1.29 is 19.4 Å². The number of carboxylic acids is 1. The van der Waals surface area contributed by atoms with Crippen LogP contribution >= 0.6 is 0 Å². The summed E-state index contributed by atoms with van der Waals surface area (Å²) in [6.07, 6.45) is 1.38. The summed E-state index contributed by atoms with van der Waals surface area (Å²) in [7, 11) is 1.64. The highest BCUT2D eigenvalue weighted by atomic mass is 16.5. The Kier molecular flexibility index (Phi) is 5.79. The minimum absolute atomic E-state index is 0.0837. The molecule has 0 bridgehead atoms. The van der Waals surface area contributed by atoms with Gasteiger partial charge in [-0.05, 0) is 35.1 Å². The molecule has 1 amide bonds. The van der Waals surface area contributed by atoms with E-state index in [1.807, 2.05) is 55.5 Å². The van der Waals surface area contributed by atoms with Crippen LogP contribution in [0.25, 0.3) is 0 Å². The number of aliphatic carboxylic acids is 1. The predicted molar refractivity (Wildman–Crippen MR) is 103 cm³/mol. The first kappa shape index (κ1) is 19.0. The van der Waals surface area contributed by atoms with Gasteiger partial charge in [0.05, 0.1) is 7.11 Å². The van der Waals surface area contributed by atoms with Crippen LogP contribution < -0.4 is 4.74 Å². The van der Waals surface area contributed by atoms with Crippen molar-refractivity contribution in [2.75, 3.05) is 7.11 Å². The van der Waals surface area contributed by atoms with E-state index in [0.717, 1.165) is 22.4 Å². The Balaban J connectivity index is 1.71. The van der Waals surface area contributed by atoms with Crippen molar-refractivity contribution in [3.8, 4) is 5.75 Å². The number of carboxylic acid groups (broad SMARTS) is 1. The molecule has 1 N–H and O–H groups in total. The van der Waals surface area contributed by atoms with Gasteiger partial charge in [-0.15, -0.1) is 0 Å². The molecule has 1 heterocycles. The number of carbonyl (C=O) groups excluding carboxylic acids is 1. The topological polar surface area (TPSA) is 66.8 Å². The molecule has 0 saturated heterocycles. The first-order valence-electron chi connectivity index (χ1n) is 9.20. The van der Waals surface area contributed by atoms with E-state index in [4.69, 9.17) is 4.74 Å². The first-order chi connectivity index (χ1) is 13.0. The summed E-state index contributed by atoms with van der Waals surface area (Å²) in [5.74, 6) is -0.165. The molecule has 5 heteroatoms. The van der Waals surface area contributed by atoms with Crippen LogP contribution in [0.5, 0.6) is 5.75 Å². The molecule has 2 aromatic rings. The number of methoxy groups -OCH3 is 1. The molecular formula is C22H25NO4. The molecule has 3 rings (SSSR count). The molecule has 0 radical (unpaired) electrons. The van der Waals surface area contributed by atoms with Crippen molar-refractivity contribution in [2.45, 2.75) is 38.8 Å². The van der Waals surface area contributed by atoms with Gasteiger partial charge in [0, 0.05) is 19.4 Å². The summed E-state index contributed by atoms with van der Waals surface area (Å²) in [4.78, 5) is 26.2. The number of amides is 1. The predicted octanol–water partition coefficient (Wildman–Crippen LogP) is 3.30. The maximum atomic E-state index is 12.9. The van der Waals surface area contributed by atoms with E-state index < -0.39 is 12.0 Å². The van der Waals surface area contributed by atoms with Gasteiger partial charge in [-0.3, -0.25) is 4.79 Å². The van der Waals surface area contributed by atoms with Gasteiger partial charge in [-0.1, -0.05) is 49.4 Å². The van der Waals surface area contributed by atoms with Gasteiger partial charge in [0.2, 0.25) is 5.91 Å². The van der Waals surface area contributed by atoms with E-state index >= 15 is 0 Å². The van der Waals surface area contributed by atoms with Crippen LogP contribution in [0.4, 0.5) is 0 Å². The molecule has 2 aromatic carbocycles. The monoisotopic (exact) mass is 367 g/mol. The van der Waals surface area contributed by atoms with Crippen molar-refractivity contribution in [1.82, 2.24) is 4.90 Å². The van der Waals surface area contributed by atoms with Crippen molar-refractivity contribution in [1.29, 1.82) is 0 Å². The summed E-state index contributed by atoms with van der Waals surface area (Å²) < 4.78 is 5.38. The normalized spacial score (nSPS) is 17.1. The van der Waals surface area contributed by atoms with Crippen molar-refractivity contribution in [2.24, 2.45) is 5.92 Å². The third-order valence-corrected chi connectivity index (χ3v) is 5.14. The number of rotatable bonds is 6. The number of hydrogen-bond acceptors (Lipinski definition) is 3. The molecule has 2 unspecified atom stereocenters. The van der Waals surface area contributed by atoms with Gasteiger partial charge in [-0.25, -0.2) is 4.79 Å². The van der Waals surface area contributed by atoms with E-state index in [1.165, 1.54) is 4.90 Å². The molecule has 0 aliphatic carbocycles. The Bertz CT molecular complexity index is 833. The summed E-state index contributed by atoms with van der Waals surface area (Å²) in [5.41, 5.74) is 3.09. The number of hydrogen-bond donors (Lipinski definition) is 1. The Morgan fingerprint density at radius 2 is 1.81 bits per heavy atom. The zero-order valence-electron chi connectivity index (χ0n) is 15.7. The van der Waals surface area contributed by atoms with Crippen molar-refractivity contribution in [3.05, 3.63) is 65.2 Å². The Morgan fingerprint density at radius 1 is 1.15 bits per heavy atom. The van der Waals surface area contributed by atoms with Crippen LogP contribution in [0.15, 0.2) is 48.5 Å². The van der Waals surface area contributed by atoms with Crippen molar-refractivity contribution in [3.63, 3.8) is 0 Å². The first-order valence-corrected chi connectivity index (χ1v) is 9.20. The molecule has 0 spiro atoms. The van der Waals surface area contributed by atoms with Gasteiger partial charge >= 0.3 is 5.97 Å². The van der Waals surface area contributed by atoms with Crippen molar-refractivity contribution >= 4 is 11.9 Å². The van der Waals surface area contributed by atoms with Crippen LogP contribution in [0.3, 0.4) is 0 Å². The number of fused-ring (bicyclic) bond motifs is 1. The number of para-hydroxylation sites is 1. The van der Waals surface area contributed by atoms with Crippen LogP contribution in [0.1, 0.15) is 30.0 Å². The van der Waals surface area contributed by atoms with E-state index in [0.29, 0.717) is 25.8 Å². The van der Waals surface area contributed by atoms with Gasteiger partial charge < -0.3 is 14.7 Å². The highest BCUT2D eigenvalue weighted by molar-refractivity contribution is 5.84. The SMILES string of the molecule is COc1ccccc1CC(C)CC(=O)N1Cc2ccccc2CC1C(=O)O. The average Bonchev–Trinajstić information content (AvgIpc) is 2.67. The highest BCUT2D eigenvalue weighted by Gasteiger charge is 2.34. The third kappa shape index (κ3) is 4.30.